The first kappa shape index (κ1) is 19.8. The van der Waals surface area contributed by atoms with E-state index >= 15 is 0 Å². The summed E-state index contributed by atoms with van der Waals surface area (Å²) in [5.41, 5.74) is 0.378. The summed E-state index contributed by atoms with van der Waals surface area (Å²) in [4.78, 5) is 12.6. The molecule has 0 radical (unpaired) electrons. The number of ether oxygens (including phenoxy) is 1. The lowest BCUT2D eigenvalue weighted by atomic mass is 10.3. The summed E-state index contributed by atoms with van der Waals surface area (Å²) in [6, 6.07) is 12.3. The lowest BCUT2D eigenvalue weighted by molar-refractivity contribution is -0.113. The molecule has 2 aromatic carbocycles. The molecule has 144 valence electrons. The Morgan fingerprint density at radius 3 is 2.63 bits per heavy atom. The number of rotatable bonds is 6. The normalized spacial score (nSPS) is 15.4. The van der Waals surface area contributed by atoms with Crippen LogP contribution in [-0.2, 0) is 19.6 Å². The van der Waals surface area contributed by atoms with Gasteiger partial charge in [0.25, 0.3) is 0 Å². The number of hydrogen-bond donors (Lipinski definition) is 1. The molecule has 0 unspecified atom stereocenters. The summed E-state index contributed by atoms with van der Waals surface area (Å²) in [5.74, 6) is -0.709. The zero-order chi connectivity index (χ0) is 19.3. The zero-order valence-electron chi connectivity index (χ0n) is 14.4. The average Bonchev–Trinajstić information content (AvgIpc) is 2.68. The van der Waals surface area contributed by atoms with Crippen LogP contribution in [0.15, 0.2) is 58.3 Å². The molecule has 1 fully saturated rings. The maximum Gasteiger partial charge on any atom is 0.243 e. The minimum Gasteiger partial charge on any atom is -0.379 e. The summed E-state index contributed by atoms with van der Waals surface area (Å²) in [6.45, 7) is 1.34. The Morgan fingerprint density at radius 1 is 1.15 bits per heavy atom. The first-order valence-corrected chi connectivity index (χ1v) is 10.7. The summed E-state index contributed by atoms with van der Waals surface area (Å²) in [5, 5.41) is 2.66. The van der Waals surface area contributed by atoms with Gasteiger partial charge < -0.3 is 10.1 Å². The van der Waals surface area contributed by atoms with E-state index in [9.17, 15) is 17.6 Å². The standard InChI is InChI=1S/C18H19FN2O4S2/c19-16-6-1-2-7-17(16)26-13-18(22)20-14-4-3-5-15(12-14)27(23,24)21-8-10-25-11-9-21/h1-7,12H,8-11,13H2,(H,20,22). The Hall–Kier alpha value is -1.94. The molecule has 0 bridgehead atoms. The van der Waals surface area contributed by atoms with Crippen LogP contribution < -0.4 is 5.32 Å². The number of benzene rings is 2. The van der Waals surface area contributed by atoms with Gasteiger partial charge in [0, 0.05) is 23.7 Å². The molecule has 27 heavy (non-hydrogen) atoms. The maximum absolute atomic E-state index is 13.6. The lowest BCUT2D eigenvalue weighted by Crippen LogP contribution is -2.40. The summed E-state index contributed by atoms with van der Waals surface area (Å²) in [6.07, 6.45) is 0. The van der Waals surface area contributed by atoms with Crippen molar-refractivity contribution in [2.24, 2.45) is 0 Å². The van der Waals surface area contributed by atoms with Crippen molar-refractivity contribution < 1.29 is 22.3 Å². The predicted octanol–water partition coefficient (Wildman–Crippen LogP) is 2.58. The van der Waals surface area contributed by atoms with Gasteiger partial charge >= 0.3 is 0 Å². The van der Waals surface area contributed by atoms with Crippen LogP contribution in [0.2, 0.25) is 0 Å². The highest BCUT2D eigenvalue weighted by Gasteiger charge is 2.26. The molecule has 0 aliphatic carbocycles. The van der Waals surface area contributed by atoms with Crippen LogP contribution in [0.4, 0.5) is 10.1 Å². The second kappa shape index (κ2) is 8.83. The van der Waals surface area contributed by atoms with Gasteiger partial charge in [-0.3, -0.25) is 4.79 Å². The van der Waals surface area contributed by atoms with Gasteiger partial charge in [0.05, 0.1) is 23.9 Å². The Balaban J connectivity index is 1.65. The monoisotopic (exact) mass is 410 g/mol. The fourth-order valence-electron chi connectivity index (χ4n) is 2.57. The lowest BCUT2D eigenvalue weighted by Gasteiger charge is -2.26. The molecule has 0 atom stereocenters. The van der Waals surface area contributed by atoms with Gasteiger partial charge in [-0.05, 0) is 30.3 Å². The second-order valence-corrected chi connectivity index (χ2v) is 8.77. The van der Waals surface area contributed by atoms with E-state index in [0.29, 0.717) is 36.9 Å². The Kier molecular flexibility index (Phi) is 6.48. The number of morpholine rings is 1. The number of carbonyl (C=O) groups is 1. The van der Waals surface area contributed by atoms with E-state index in [1.807, 2.05) is 0 Å². The molecule has 1 heterocycles. The Bertz CT molecular complexity index is 915. The third-order valence-electron chi connectivity index (χ3n) is 3.92. The largest absolute Gasteiger partial charge is 0.379 e. The number of thioether (sulfide) groups is 1. The number of nitrogens with zero attached hydrogens (tertiary/aromatic N) is 1. The van der Waals surface area contributed by atoms with Crippen molar-refractivity contribution in [2.75, 3.05) is 37.4 Å². The van der Waals surface area contributed by atoms with Crippen LogP contribution >= 0.6 is 11.8 Å². The Morgan fingerprint density at radius 2 is 1.89 bits per heavy atom. The van der Waals surface area contributed by atoms with Crippen LogP contribution in [0.5, 0.6) is 0 Å². The topological polar surface area (TPSA) is 75.7 Å². The predicted molar refractivity (Wildman–Crippen MR) is 102 cm³/mol. The van der Waals surface area contributed by atoms with Crippen LogP contribution in [0, 0.1) is 5.82 Å². The summed E-state index contributed by atoms with van der Waals surface area (Å²) >= 11 is 1.08. The van der Waals surface area contributed by atoms with E-state index in [0.717, 1.165) is 11.8 Å². The van der Waals surface area contributed by atoms with Crippen LogP contribution in [0.25, 0.3) is 0 Å². The maximum atomic E-state index is 13.6. The molecule has 1 saturated heterocycles. The molecular formula is C18H19FN2O4S2. The molecular weight excluding hydrogens is 391 g/mol. The minimum absolute atomic E-state index is 0.0153. The molecule has 0 spiro atoms. The number of sulfonamides is 1. The highest BCUT2D eigenvalue weighted by molar-refractivity contribution is 8.00. The molecule has 1 aliphatic rings. The molecule has 1 N–H and O–H groups in total. The van der Waals surface area contributed by atoms with Gasteiger partial charge in [-0.1, -0.05) is 18.2 Å². The van der Waals surface area contributed by atoms with Crippen LogP contribution in [0.3, 0.4) is 0 Å². The van der Waals surface area contributed by atoms with E-state index in [-0.39, 0.29) is 22.4 Å². The van der Waals surface area contributed by atoms with Crippen molar-refractivity contribution in [3.63, 3.8) is 0 Å². The van der Waals surface area contributed by atoms with E-state index < -0.39 is 10.0 Å². The van der Waals surface area contributed by atoms with Gasteiger partial charge in [0.2, 0.25) is 15.9 Å². The van der Waals surface area contributed by atoms with Crippen molar-refractivity contribution in [2.45, 2.75) is 9.79 Å². The first-order chi connectivity index (χ1) is 13.0. The van der Waals surface area contributed by atoms with Gasteiger partial charge in [0.1, 0.15) is 5.82 Å². The number of amides is 1. The fourth-order valence-corrected chi connectivity index (χ4v) is 4.77. The van der Waals surface area contributed by atoms with Crippen molar-refractivity contribution in [3.05, 3.63) is 54.3 Å². The summed E-state index contributed by atoms with van der Waals surface area (Å²) in [7, 11) is -3.63. The molecule has 0 aromatic heterocycles. The molecule has 1 aliphatic heterocycles. The van der Waals surface area contributed by atoms with Crippen molar-refractivity contribution in [1.82, 2.24) is 4.31 Å². The number of hydrogen-bond acceptors (Lipinski definition) is 5. The minimum atomic E-state index is -3.63. The fraction of sp³-hybridized carbons (Fsp3) is 0.278. The molecule has 2 aromatic rings. The third-order valence-corrected chi connectivity index (χ3v) is 6.86. The van der Waals surface area contributed by atoms with Gasteiger partial charge in [-0.15, -0.1) is 11.8 Å². The van der Waals surface area contributed by atoms with E-state index in [4.69, 9.17) is 4.74 Å². The average molecular weight is 410 g/mol. The number of nitrogens with one attached hydrogen (secondary N) is 1. The summed E-state index contributed by atoms with van der Waals surface area (Å²) < 4.78 is 45.5. The van der Waals surface area contributed by atoms with Gasteiger partial charge in [-0.25, -0.2) is 12.8 Å². The molecule has 0 saturated carbocycles. The van der Waals surface area contributed by atoms with Crippen LogP contribution in [-0.4, -0.2) is 50.7 Å². The highest BCUT2D eigenvalue weighted by Crippen LogP contribution is 2.23. The first-order valence-electron chi connectivity index (χ1n) is 8.32. The smallest absolute Gasteiger partial charge is 0.243 e. The SMILES string of the molecule is O=C(CSc1ccccc1F)Nc1cccc(S(=O)(=O)N2CCOCC2)c1. The Labute approximate surface area is 161 Å². The quantitative estimate of drug-likeness (QED) is 0.741. The van der Waals surface area contributed by atoms with Gasteiger partial charge in [-0.2, -0.15) is 4.31 Å². The van der Waals surface area contributed by atoms with Crippen LogP contribution in [0.1, 0.15) is 0 Å². The van der Waals surface area contributed by atoms with Crippen molar-refractivity contribution >= 4 is 33.4 Å². The second-order valence-electron chi connectivity index (χ2n) is 5.81. The van der Waals surface area contributed by atoms with Crippen molar-refractivity contribution in [1.29, 1.82) is 0 Å². The van der Waals surface area contributed by atoms with E-state index in [1.165, 1.54) is 22.5 Å². The van der Waals surface area contributed by atoms with E-state index in [1.54, 1.807) is 30.3 Å². The molecule has 3 rings (SSSR count). The molecule has 1 amide bonds. The number of carbonyl (C=O) groups excluding carboxylic acids is 1. The molecule has 9 heteroatoms. The van der Waals surface area contributed by atoms with Gasteiger partial charge in [0.15, 0.2) is 0 Å². The third kappa shape index (κ3) is 5.07. The highest BCUT2D eigenvalue weighted by atomic mass is 32.2. The van der Waals surface area contributed by atoms with Crippen molar-refractivity contribution in [3.8, 4) is 0 Å². The zero-order valence-corrected chi connectivity index (χ0v) is 16.1. The molecule has 6 nitrogen and oxygen atoms in total. The number of anilines is 1. The van der Waals surface area contributed by atoms with E-state index in [2.05, 4.69) is 5.32 Å². The number of halogens is 1.